The van der Waals surface area contributed by atoms with Crippen LogP contribution in [-0.2, 0) is 54.8 Å². The molecule has 4 aliphatic rings. The summed E-state index contributed by atoms with van der Waals surface area (Å²) in [5, 5.41) is 32.2. The van der Waals surface area contributed by atoms with E-state index in [-0.39, 0.29) is 29.7 Å². The van der Waals surface area contributed by atoms with Crippen LogP contribution >= 0.6 is 0 Å². The first-order valence-electron chi connectivity index (χ1n) is 13.3. The third-order valence-corrected chi connectivity index (χ3v) is 8.53. The average Bonchev–Trinajstić information content (AvgIpc) is 3.27. The number of esters is 4. The molecule has 14 heteroatoms. The average molecular weight is 590 g/mol. The summed E-state index contributed by atoms with van der Waals surface area (Å²) in [6.45, 7) is 3.57. The second-order valence-corrected chi connectivity index (χ2v) is 11.0. The number of likely N-dealkylation sites (N-methyl/N-ethyl adjacent to an activating group) is 1. The maximum Gasteiger partial charge on any atom is 0.352 e. The number of phenolic OH excluding ortho intramolecular Hbond substituents is 1. The van der Waals surface area contributed by atoms with E-state index in [9.17, 15) is 39.3 Å². The van der Waals surface area contributed by atoms with Gasteiger partial charge >= 0.3 is 29.8 Å². The van der Waals surface area contributed by atoms with Crippen molar-refractivity contribution in [2.75, 3.05) is 13.6 Å². The number of piperidine rings is 1. The molecule has 0 radical (unpaired) electrons. The molecule has 0 saturated carbocycles. The Morgan fingerprint density at radius 3 is 2.36 bits per heavy atom. The van der Waals surface area contributed by atoms with Crippen LogP contribution in [0.2, 0.25) is 0 Å². The van der Waals surface area contributed by atoms with Gasteiger partial charge in [0.1, 0.15) is 5.76 Å². The van der Waals surface area contributed by atoms with Crippen LogP contribution in [0.25, 0.3) is 0 Å². The van der Waals surface area contributed by atoms with E-state index in [2.05, 4.69) is 9.64 Å². The van der Waals surface area contributed by atoms with E-state index in [0.717, 1.165) is 26.3 Å². The Balaban J connectivity index is 1.39. The van der Waals surface area contributed by atoms with Gasteiger partial charge in [-0.3, -0.25) is 9.59 Å². The van der Waals surface area contributed by atoms with Crippen molar-refractivity contribution in [2.24, 2.45) is 0 Å². The van der Waals surface area contributed by atoms with Gasteiger partial charge in [-0.1, -0.05) is 6.07 Å². The van der Waals surface area contributed by atoms with Crippen molar-refractivity contribution in [2.45, 2.75) is 81.5 Å². The van der Waals surface area contributed by atoms with Gasteiger partial charge in [0, 0.05) is 31.9 Å². The van der Waals surface area contributed by atoms with Crippen LogP contribution < -0.4 is 4.74 Å². The van der Waals surface area contributed by atoms with Crippen LogP contribution in [0.3, 0.4) is 0 Å². The highest BCUT2D eigenvalue weighted by atomic mass is 16.6. The predicted octanol–water partition coefficient (Wildman–Crippen LogP) is 0.0928. The summed E-state index contributed by atoms with van der Waals surface area (Å²) in [5.41, 5.74) is -0.701. The van der Waals surface area contributed by atoms with E-state index in [1.54, 1.807) is 6.07 Å². The Kier molecular flexibility index (Phi) is 7.18. The molecule has 5 rings (SSSR count). The van der Waals surface area contributed by atoms with E-state index >= 15 is 0 Å². The topological polar surface area (TPSA) is 195 Å². The second kappa shape index (κ2) is 10.3. The Bertz CT molecular complexity index is 1400. The van der Waals surface area contributed by atoms with Crippen molar-refractivity contribution in [1.82, 2.24) is 4.90 Å². The fourth-order valence-corrected chi connectivity index (χ4v) is 6.76. The molecule has 226 valence electrons. The summed E-state index contributed by atoms with van der Waals surface area (Å²) in [5.74, 6) is -6.27. The molecule has 1 aromatic rings. The van der Waals surface area contributed by atoms with Crippen molar-refractivity contribution in [3.8, 4) is 11.5 Å². The normalized spacial score (nSPS) is 29.0. The highest BCUT2D eigenvalue weighted by molar-refractivity contribution is 5.89. The number of aliphatic hydroxyl groups is 1. The zero-order valence-corrected chi connectivity index (χ0v) is 23.3. The third-order valence-electron chi connectivity index (χ3n) is 8.53. The smallest absolute Gasteiger partial charge is 0.352 e. The van der Waals surface area contributed by atoms with E-state index in [1.165, 1.54) is 12.1 Å². The molecule has 3 N–H and O–H groups in total. The minimum Gasteiger partial charge on any atom is -0.504 e. The molecule has 2 aliphatic carbocycles. The summed E-state index contributed by atoms with van der Waals surface area (Å²) < 4.78 is 26.3. The summed E-state index contributed by atoms with van der Waals surface area (Å²) >= 11 is 0. The Morgan fingerprint density at radius 2 is 1.71 bits per heavy atom. The summed E-state index contributed by atoms with van der Waals surface area (Å²) in [6, 6.07) is 3.07. The van der Waals surface area contributed by atoms with Gasteiger partial charge in [0.05, 0.1) is 11.0 Å². The van der Waals surface area contributed by atoms with Crippen molar-refractivity contribution in [1.29, 1.82) is 0 Å². The number of ether oxygens (including phenoxy) is 5. The van der Waals surface area contributed by atoms with Gasteiger partial charge in [0.2, 0.25) is 12.2 Å². The number of carboxylic acid groups (broad SMARTS) is 1. The third kappa shape index (κ3) is 4.36. The molecular formula is C28H31NO13. The van der Waals surface area contributed by atoms with Crippen molar-refractivity contribution >= 4 is 29.8 Å². The molecule has 7 atom stereocenters. The van der Waals surface area contributed by atoms with E-state index in [4.69, 9.17) is 18.9 Å². The number of carbonyl (C=O) groups excluding carboxylic acids is 4. The Labute approximate surface area is 239 Å². The zero-order chi connectivity index (χ0) is 30.7. The maximum atomic E-state index is 13.1. The first-order valence-corrected chi connectivity index (χ1v) is 13.3. The molecule has 1 spiro atoms. The molecule has 2 bridgehead atoms. The van der Waals surface area contributed by atoms with Crippen LogP contribution in [0.1, 0.15) is 44.7 Å². The van der Waals surface area contributed by atoms with Crippen LogP contribution in [0.15, 0.2) is 24.0 Å². The quantitative estimate of drug-likeness (QED) is 0.273. The second-order valence-electron chi connectivity index (χ2n) is 11.0. The standard InChI is InChI=1S/C28H31NO13/c1-12(38-26(36)22(40-14(3)31)21(24(33)34)39-13(2)30)25(35)41-17-7-8-28(37)18-11-15-5-6-16(32)20-19(15)27(28,23(17)42-20)9-10-29(18)4/h5-7,12,18,21-23,32,37H,8-11H2,1-4H3,(H,33,34)/t12-,18-,21+,22+,23-,27-,28+/m0/s1. The summed E-state index contributed by atoms with van der Waals surface area (Å²) in [6.07, 6.45) is -4.40. The largest absolute Gasteiger partial charge is 0.504 e. The fraction of sp³-hybridized carbons (Fsp3) is 0.536. The number of carbonyl (C=O) groups is 5. The number of hydrogen-bond acceptors (Lipinski definition) is 13. The number of likely N-dealkylation sites (tertiary alicyclic amines) is 1. The Hall–Kier alpha value is -4.17. The minimum atomic E-state index is -2.23. The highest BCUT2D eigenvalue weighted by Gasteiger charge is 2.72. The number of aromatic hydroxyl groups is 1. The van der Waals surface area contributed by atoms with Crippen LogP contribution in [0, 0.1) is 0 Å². The molecule has 0 unspecified atom stereocenters. The van der Waals surface area contributed by atoms with Crippen LogP contribution in [0.4, 0.5) is 0 Å². The number of hydrogen-bond donors (Lipinski definition) is 3. The fourth-order valence-electron chi connectivity index (χ4n) is 6.76. The molecule has 2 aliphatic heterocycles. The number of phenols is 1. The van der Waals surface area contributed by atoms with E-state index in [0.29, 0.717) is 24.9 Å². The first kappa shape index (κ1) is 29.3. The molecular weight excluding hydrogens is 558 g/mol. The molecule has 14 nitrogen and oxygen atoms in total. The molecule has 42 heavy (non-hydrogen) atoms. The van der Waals surface area contributed by atoms with Crippen molar-refractivity contribution in [3.63, 3.8) is 0 Å². The SMILES string of the molecule is CC(=O)O[C@@H](C(=O)O)[C@@H](OC(C)=O)C(=O)O[C@@H](C)C(=O)OC1=CC[C@@]2(O)[C@@H]3Cc4ccc(O)c5c4[C@@]2(CCN3C)[C@H]1O5. The van der Waals surface area contributed by atoms with Gasteiger partial charge in [0.25, 0.3) is 0 Å². The summed E-state index contributed by atoms with van der Waals surface area (Å²) in [4.78, 5) is 62.6. The maximum absolute atomic E-state index is 13.1. The van der Waals surface area contributed by atoms with Crippen molar-refractivity contribution < 1.29 is 63.0 Å². The molecule has 1 saturated heterocycles. The van der Waals surface area contributed by atoms with Crippen LogP contribution in [-0.4, -0.2) is 99.7 Å². The van der Waals surface area contributed by atoms with Gasteiger partial charge in [0.15, 0.2) is 23.7 Å². The predicted molar refractivity (Wildman–Crippen MR) is 137 cm³/mol. The van der Waals surface area contributed by atoms with Crippen LogP contribution in [0.5, 0.6) is 11.5 Å². The zero-order valence-electron chi connectivity index (χ0n) is 23.3. The highest BCUT2D eigenvalue weighted by Crippen LogP contribution is 2.65. The van der Waals surface area contributed by atoms with Gasteiger partial charge < -0.3 is 43.9 Å². The molecule has 0 amide bonds. The molecule has 1 fully saturated rings. The number of carboxylic acids is 1. The Morgan fingerprint density at radius 1 is 1.05 bits per heavy atom. The minimum absolute atomic E-state index is 0.0548. The monoisotopic (exact) mass is 589 g/mol. The number of rotatable bonds is 8. The number of aliphatic carboxylic acids is 1. The molecule has 2 heterocycles. The molecule has 1 aromatic carbocycles. The van der Waals surface area contributed by atoms with Gasteiger partial charge in [-0.2, -0.15) is 0 Å². The molecule has 0 aromatic heterocycles. The lowest BCUT2D eigenvalue weighted by atomic mass is 9.50. The van der Waals surface area contributed by atoms with Gasteiger partial charge in [-0.15, -0.1) is 0 Å². The number of benzene rings is 1. The lowest BCUT2D eigenvalue weighted by molar-refractivity contribution is -0.193. The van der Waals surface area contributed by atoms with Gasteiger partial charge in [-0.05, 0) is 51.1 Å². The van der Waals surface area contributed by atoms with Gasteiger partial charge in [-0.25, -0.2) is 14.4 Å². The lowest BCUT2D eigenvalue weighted by Crippen LogP contribution is -2.74. The van der Waals surface area contributed by atoms with E-state index in [1.807, 2.05) is 7.05 Å². The van der Waals surface area contributed by atoms with E-state index < -0.39 is 65.3 Å². The lowest BCUT2D eigenvalue weighted by Gasteiger charge is -2.61. The number of nitrogens with zero attached hydrogens (tertiary/aromatic N) is 1. The first-order chi connectivity index (χ1) is 19.7. The summed E-state index contributed by atoms with van der Waals surface area (Å²) in [7, 11) is 1.93. The van der Waals surface area contributed by atoms with Crippen molar-refractivity contribution in [3.05, 3.63) is 35.1 Å².